The van der Waals surface area contributed by atoms with E-state index in [1.807, 2.05) is 0 Å². The summed E-state index contributed by atoms with van der Waals surface area (Å²) >= 11 is 0. The summed E-state index contributed by atoms with van der Waals surface area (Å²) in [5, 5.41) is 17.5. The first-order valence-corrected chi connectivity index (χ1v) is 7.20. The van der Waals surface area contributed by atoms with Crippen LogP contribution in [0, 0.1) is 5.92 Å². The predicted octanol–water partition coefficient (Wildman–Crippen LogP) is -0.459. The molecule has 11 heteroatoms. The van der Waals surface area contributed by atoms with Crippen molar-refractivity contribution in [2.45, 2.75) is 25.1 Å². The number of halogens is 3. The first-order valence-electron chi connectivity index (χ1n) is 5.76. The van der Waals surface area contributed by atoms with Gasteiger partial charge in [-0.2, -0.15) is 30.6 Å². The summed E-state index contributed by atoms with van der Waals surface area (Å²) in [5.74, 6) is -1.68. The van der Waals surface area contributed by atoms with Crippen molar-refractivity contribution in [1.82, 2.24) is 9.03 Å². The standard InChI is InChI=1S/C9H15F3N2O5S/c10-9(11,12)7(15)5-13-20(18,19)14-3-1-6(2-4-14)8(16)17/h6-7,13,15H,1-5H2,(H,16,17). The van der Waals surface area contributed by atoms with Gasteiger partial charge in [-0.05, 0) is 12.8 Å². The van der Waals surface area contributed by atoms with Gasteiger partial charge >= 0.3 is 12.1 Å². The van der Waals surface area contributed by atoms with E-state index in [9.17, 15) is 26.4 Å². The van der Waals surface area contributed by atoms with E-state index in [4.69, 9.17) is 10.2 Å². The van der Waals surface area contributed by atoms with Gasteiger partial charge in [-0.3, -0.25) is 4.79 Å². The van der Waals surface area contributed by atoms with E-state index >= 15 is 0 Å². The van der Waals surface area contributed by atoms with Crippen molar-refractivity contribution in [3.05, 3.63) is 0 Å². The summed E-state index contributed by atoms with van der Waals surface area (Å²) in [6, 6.07) is 0. The molecule has 1 unspecified atom stereocenters. The van der Waals surface area contributed by atoms with Crippen LogP contribution < -0.4 is 4.72 Å². The molecule has 0 aliphatic carbocycles. The summed E-state index contributed by atoms with van der Waals surface area (Å²) < 4.78 is 62.0. The highest BCUT2D eigenvalue weighted by Crippen LogP contribution is 2.21. The van der Waals surface area contributed by atoms with E-state index in [1.165, 1.54) is 0 Å². The summed E-state index contributed by atoms with van der Waals surface area (Å²) in [4.78, 5) is 10.7. The van der Waals surface area contributed by atoms with Crippen molar-refractivity contribution >= 4 is 16.2 Å². The summed E-state index contributed by atoms with van der Waals surface area (Å²) in [6.45, 7) is -1.35. The fourth-order valence-corrected chi connectivity index (χ4v) is 2.98. The van der Waals surface area contributed by atoms with Crippen molar-refractivity contribution in [3.8, 4) is 0 Å². The molecule has 1 heterocycles. The summed E-state index contributed by atoms with van der Waals surface area (Å²) in [7, 11) is -4.16. The van der Waals surface area contributed by atoms with E-state index in [2.05, 4.69) is 0 Å². The average Bonchev–Trinajstić information content (AvgIpc) is 2.35. The number of carbonyl (C=O) groups is 1. The molecule has 118 valence electrons. The Morgan fingerprint density at radius 1 is 1.35 bits per heavy atom. The minimum Gasteiger partial charge on any atom is -0.481 e. The molecule has 1 saturated heterocycles. The Bertz CT molecular complexity index is 445. The van der Waals surface area contributed by atoms with Crippen LogP contribution in [-0.4, -0.2) is 60.8 Å². The molecular weight excluding hydrogens is 305 g/mol. The van der Waals surface area contributed by atoms with Gasteiger partial charge in [-0.1, -0.05) is 0 Å². The lowest BCUT2D eigenvalue weighted by atomic mass is 9.99. The largest absolute Gasteiger partial charge is 0.481 e. The lowest BCUT2D eigenvalue weighted by Crippen LogP contribution is -2.49. The molecule has 1 aliphatic rings. The van der Waals surface area contributed by atoms with Crippen LogP contribution in [-0.2, 0) is 15.0 Å². The Balaban J connectivity index is 2.52. The van der Waals surface area contributed by atoms with Gasteiger partial charge in [0.2, 0.25) is 0 Å². The molecule has 0 bridgehead atoms. The maximum Gasteiger partial charge on any atom is 0.415 e. The Morgan fingerprint density at radius 3 is 2.25 bits per heavy atom. The van der Waals surface area contributed by atoms with E-state index in [0.29, 0.717) is 0 Å². The fourth-order valence-electron chi connectivity index (χ4n) is 1.73. The van der Waals surface area contributed by atoms with Crippen LogP contribution in [0.4, 0.5) is 13.2 Å². The molecule has 0 aromatic carbocycles. The Hall–Kier alpha value is -0.910. The summed E-state index contributed by atoms with van der Waals surface area (Å²) in [5.41, 5.74) is 0. The number of nitrogens with one attached hydrogen (secondary N) is 1. The molecule has 0 aromatic heterocycles. The number of piperidine rings is 1. The van der Waals surface area contributed by atoms with E-state index in [-0.39, 0.29) is 25.9 Å². The van der Waals surface area contributed by atoms with E-state index in [1.54, 1.807) is 4.72 Å². The van der Waals surface area contributed by atoms with Crippen LogP contribution in [0.15, 0.2) is 0 Å². The lowest BCUT2D eigenvalue weighted by Gasteiger charge is -2.29. The van der Waals surface area contributed by atoms with Crippen LogP contribution in [0.1, 0.15) is 12.8 Å². The molecule has 0 radical (unpaired) electrons. The smallest absolute Gasteiger partial charge is 0.415 e. The van der Waals surface area contributed by atoms with E-state index < -0.39 is 40.9 Å². The highest BCUT2D eigenvalue weighted by molar-refractivity contribution is 7.87. The molecule has 1 atom stereocenters. The number of hydrogen-bond acceptors (Lipinski definition) is 4. The molecule has 3 N–H and O–H groups in total. The van der Waals surface area contributed by atoms with Crippen molar-refractivity contribution in [1.29, 1.82) is 0 Å². The number of rotatable bonds is 5. The molecule has 0 amide bonds. The van der Waals surface area contributed by atoms with E-state index in [0.717, 1.165) is 4.31 Å². The SMILES string of the molecule is O=C(O)C1CCN(S(=O)(=O)NCC(O)C(F)(F)F)CC1. The maximum absolute atomic E-state index is 12.0. The fraction of sp³-hybridized carbons (Fsp3) is 0.889. The van der Waals surface area contributed by atoms with Gasteiger partial charge in [-0.15, -0.1) is 0 Å². The van der Waals surface area contributed by atoms with Crippen LogP contribution in [0.2, 0.25) is 0 Å². The van der Waals surface area contributed by atoms with Crippen molar-refractivity contribution < 1.29 is 36.6 Å². The normalized spacial score (nSPS) is 20.8. The first kappa shape index (κ1) is 17.1. The molecule has 0 saturated carbocycles. The van der Waals surface area contributed by atoms with Crippen molar-refractivity contribution in [3.63, 3.8) is 0 Å². The van der Waals surface area contributed by atoms with Gasteiger partial charge in [0, 0.05) is 19.6 Å². The second-order valence-electron chi connectivity index (χ2n) is 4.42. The number of aliphatic carboxylic acids is 1. The zero-order valence-corrected chi connectivity index (χ0v) is 11.1. The van der Waals surface area contributed by atoms with Gasteiger partial charge in [-0.25, -0.2) is 0 Å². The molecule has 1 rings (SSSR count). The number of nitrogens with zero attached hydrogens (tertiary/aromatic N) is 1. The van der Waals surface area contributed by atoms with Gasteiger partial charge in [0.15, 0.2) is 6.10 Å². The van der Waals surface area contributed by atoms with Gasteiger partial charge in [0.25, 0.3) is 10.2 Å². The van der Waals surface area contributed by atoms with Crippen LogP contribution in [0.3, 0.4) is 0 Å². The molecule has 0 aromatic rings. The highest BCUT2D eigenvalue weighted by Gasteiger charge is 2.39. The number of carboxylic acid groups (broad SMARTS) is 1. The number of aliphatic hydroxyl groups is 1. The molecule has 7 nitrogen and oxygen atoms in total. The molecule has 1 aliphatic heterocycles. The Kier molecular flexibility index (Phi) is 5.35. The number of carboxylic acids is 1. The lowest BCUT2D eigenvalue weighted by molar-refractivity contribution is -0.200. The zero-order valence-electron chi connectivity index (χ0n) is 10.3. The number of aliphatic hydroxyl groups excluding tert-OH is 1. The third kappa shape index (κ3) is 4.58. The van der Waals surface area contributed by atoms with Gasteiger partial charge in [0.05, 0.1) is 5.92 Å². The quantitative estimate of drug-likeness (QED) is 0.635. The predicted molar refractivity (Wildman–Crippen MR) is 60.9 cm³/mol. The van der Waals surface area contributed by atoms with Crippen molar-refractivity contribution in [2.24, 2.45) is 5.92 Å². The summed E-state index contributed by atoms with van der Waals surface area (Å²) in [6.07, 6.45) is -7.50. The third-order valence-electron chi connectivity index (χ3n) is 2.98. The third-order valence-corrected chi connectivity index (χ3v) is 4.56. The van der Waals surface area contributed by atoms with Gasteiger partial charge in [0.1, 0.15) is 0 Å². The molecule has 20 heavy (non-hydrogen) atoms. The van der Waals surface area contributed by atoms with Gasteiger partial charge < -0.3 is 10.2 Å². The number of alkyl halides is 3. The highest BCUT2D eigenvalue weighted by atomic mass is 32.2. The zero-order chi connectivity index (χ0) is 15.6. The minimum atomic E-state index is -4.90. The monoisotopic (exact) mass is 320 g/mol. The average molecular weight is 320 g/mol. The molecule has 0 spiro atoms. The molecular formula is C9H15F3N2O5S. The molecule has 1 fully saturated rings. The van der Waals surface area contributed by atoms with Crippen LogP contribution >= 0.6 is 0 Å². The topological polar surface area (TPSA) is 107 Å². The number of hydrogen-bond donors (Lipinski definition) is 3. The second kappa shape index (κ2) is 6.24. The Morgan fingerprint density at radius 2 is 1.85 bits per heavy atom. The van der Waals surface area contributed by atoms with Crippen LogP contribution in [0.25, 0.3) is 0 Å². The minimum absolute atomic E-state index is 0.0889. The van der Waals surface area contributed by atoms with Crippen molar-refractivity contribution in [2.75, 3.05) is 19.6 Å². The first-order chi connectivity index (χ1) is 9.04. The van der Waals surface area contributed by atoms with Crippen LogP contribution in [0.5, 0.6) is 0 Å². The second-order valence-corrected chi connectivity index (χ2v) is 6.18. The Labute approximate surface area is 113 Å². The maximum atomic E-state index is 12.0.